The van der Waals surface area contributed by atoms with Gasteiger partial charge in [-0.15, -0.1) is 0 Å². The van der Waals surface area contributed by atoms with E-state index in [4.69, 9.17) is 27.9 Å². The maximum Gasteiger partial charge on any atom is 0.460 e. The highest BCUT2D eigenvalue weighted by molar-refractivity contribution is 6.35. The van der Waals surface area contributed by atoms with E-state index in [0.29, 0.717) is 0 Å². The van der Waals surface area contributed by atoms with E-state index in [-0.39, 0.29) is 20.8 Å². The number of benzene rings is 1. The van der Waals surface area contributed by atoms with Crippen LogP contribution in [0.25, 0.3) is 0 Å². The molecule has 0 saturated heterocycles. The predicted octanol–water partition coefficient (Wildman–Crippen LogP) is 5.53. The minimum Gasteiger partial charge on any atom is -0.482 e. The molecule has 0 spiro atoms. The number of hydrogen-bond donors (Lipinski definition) is 1. The van der Waals surface area contributed by atoms with Crippen LogP contribution in [-0.2, 0) is 4.79 Å². The van der Waals surface area contributed by atoms with Crippen LogP contribution in [0.1, 0.15) is 27.2 Å². The van der Waals surface area contributed by atoms with Gasteiger partial charge in [0.1, 0.15) is 11.5 Å². The number of ether oxygens (including phenoxy) is 1. The smallest absolute Gasteiger partial charge is 0.460 e. The molecule has 180 valence electrons. The first kappa shape index (κ1) is 26.5. The molecule has 1 heterocycles. The monoisotopic (exact) mass is 512 g/mol. The van der Waals surface area contributed by atoms with Crippen molar-refractivity contribution >= 4 is 34.8 Å². The Bertz CT molecular complexity index is 932. The largest absolute Gasteiger partial charge is 0.482 e. The molecule has 32 heavy (non-hydrogen) atoms. The second kappa shape index (κ2) is 8.21. The predicted molar refractivity (Wildman–Crippen MR) is 101 cm³/mol. The Kier molecular flexibility index (Phi) is 6.79. The van der Waals surface area contributed by atoms with Crippen molar-refractivity contribution in [1.82, 2.24) is 5.01 Å². The van der Waals surface area contributed by atoms with E-state index in [1.165, 1.54) is 39.0 Å². The van der Waals surface area contributed by atoms with Crippen molar-refractivity contribution in [3.63, 3.8) is 0 Å². The fraction of sp³-hybridized carbons (Fsp3) is 0.556. The lowest BCUT2D eigenvalue weighted by Crippen LogP contribution is -2.58. The van der Waals surface area contributed by atoms with Gasteiger partial charge in [0.05, 0.1) is 5.02 Å². The highest BCUT2D eigenvalue weighted by Crippen LogP contribution is 2.51. The number of hydrazone groups is 1. The summed E-state index contributed by atoms with van der Waals surface area (Å²) in [6.07, 6.45) is -8.06. The summed E-state index contributed by atoms with van der Waals surface area (Å²) in [5.41, 5.74) is -6.15. The van der Waals surface area contributed by atoms with Crippen molar-refractivity contribution in [2.45, 2.75) is 50.9 Å². The van der Waals surface area contributed by atoms with E-state index in [9.17, 15) is 40.6 Å². The molecule has 0 unspecified atom stereocenters. The summed E-state index contributed by atoms with van der Waals surface area (Å²) in [6.45, 7) is 2.80. The van der Waals surface area contributed by atoms with Gasteiger partial charge in [0.2, 0.25) is 0 Å². The lowest BCUT2D eigenvalue weighted by molar-refractivity contribution is -0.336. The lowest BCUT2D eigenvalue weighted by atomic mass is 9.79. The van der Waals surface area contributed by atoms with Gasteiger partial charge in [-0.25, -0.2) is 0 Å². The van der Waals surface area contributed by atoms with Crippen LogP contribution in [0.2, 0.25) is 10.0 Å². The Labute approximate surface area is 187 Å². The SMILES string of the molecule is CC(C)(C)[C@]1(O)CC(C(F)(F)C(F)(F)C(F)(F)F)=NN1C(=O)COc1ccc(Cl)cc1Cl. The maximum atomic E-state index is 14.2. The van der Waals surface area contributed by atoms with Crippen molar-refractivity contribution in [2.24, 2.45) is 10.5 Å². The Morgan fingerprint density at radius 2 is 1.72 bits per heavy atom. The van der Waals surface area contributed by atoms with Gasteiger partial charge in [-0.3, -0.25) is 4.79 Å². The van der Waals surface area contributed by atoms with E-state index in [0.717, 1.165) is 0 Å². The molecule has 1 aliphatic heterocycles. The minimum atomic E-state index is -6.61. The number of hydrogen-bond acceptors (Lipinski definition) is 4. The summed E-state index contributed by atoms with van der Waals surface area (Å²) in [5, 5.41) is 14.1. The first-order valence-corrected chi connectivity index (χ1v) is 9.55. The van der Waals surface area contributed by atoms with E-state index < -0.39 is 53.8 Å². The molecule has 1 atom stereocenters. The van der Waals surface area contributed by atoms with Crippen molar-refractivity contribution < 1.29 is 45.4 Å². The molecule has 2 rings (SSSR count). The molecule has 0 bridgehead atoms. The van der Waals surface area contributed by atoms with Gasteiger partial charge in [0.15, 0.2) is 12.3 Å². The molecular formula is C18H17Cl2F7N2O3. The number of carbonyl (C=O) groups excluding carboxylic acids is 1. The van der Waals surface area contributed by atoms with Crippen molar-refractivity contribution in [3.05, 3.63) is 28.2 Å². The summed E-state index contributed by atoms with van der Waals surface area (Å²) in [4.78, 5) is 12.6. The Hall–Kier alpha value is -1.79. The highest BCUT2D eigenvalue weighted by atomic mass is 35.5. The Morgan fingerprint density at radius 1 is 1.16 bits per heavy atom. The number of carbonyl (C=O) groups is 1. The summed E-state index contributed by atoms with van der Waals surface area (Å²) in [7, 11) is 0. The molecule has 1 aromatic rings. The van der Waals surface area contributed by atoms with Crippen LogP contribution in [0.5, 0.6) is 5.75 Å². The summed E-state index contributed by atoms with van der Waals surface area (Å²) in [5.74, 6) is -13.7. The van der Waals surface area contributed by atoms with E-state index in [1.807, 2.05) is 0 Å². The molecule has 1 amide bonds. The fourth-order valence-electron chi connectivity index (χ4n) is 2.72. The molecule has 0 radical (unpaired) electrons. The molecule has 0 saturated carbocycles. The van der Waals surface area contributed by atoms with Crippen LogP contribution in [0.4, 0.5) is 30.7 Å². The zero-order chi connectivity index (χ0) is 24.9. The first-order chi connectivity index (χ1) is 14.3. The average Bonchev–Trinajstić information content (AvgIpc) is 2.99. The zero-order valence-electron chi connectivity index (χ0n) is 16.7. The Morgan fingerprint density at radius 3 is 2.19 bits per heavy atom. The first-order valence-electron chi connectivity index (χ1n) is 8.79. The number of rotatable bonds is 5. The maximum absolute atomic E-state index is 14.2. The minimum absolute atomic E-state index is 0.0293. The second-order valence-electron chi connectivity index (χ2n) is 8.01. The number of halogens is 9. The highest BCUT2D eigenvalue weighted by Gasteiger charge is 2.76. The van der Waals surface area contributed by atoms with Crippen LogP contribution < -0.4 is 4.74 Å². The molecular weight excluding hydrogens is 496 g/mol. The summed E-state index contributed by atoms with van der Waals surface area (Å²) < 4.78 is 98.2. The van der Waals surface area contributed by atoms with Gasteiger partial charge < -0.3 is 9.84 Å². The van der Waals surface area contributed by atoms with Crippen LogP contribution in [0.3, 0.4) is 0 Å². The van der Waals surface area contributed by atoms with E-state index in [2.05, 4.69) is 5.10 Å². The van der Waals surface area contributed by atoms with E-state index >= 15 is 0 Å². The van der Waals surface area contributed by atoms with Gasteiger partial charge >= 0.3 is 18.0 Å². The lowest BCUT2D eigenvalue weighted by Gasteiger charge is -2.41. The molecule has 1 N–H and O–H groups in total. The summed E-state index contributed by atoms with van der Waals surface area (Å²) in [6, 6.07) is 3.88. The van der Waals surface area contributed by atoms with Gasteiger partial charge in [0.25, 0.3) is 5.91 Å². The number of aliphatic hydroxyl groups is 1. The van der Waals surface area contributed by atoms with Gasteiger partial charge in [-0.1, -0.05) is 44.0 Å². The van der Waals surface area contributed by atoms with Crippen LogP contribution in [-0.4, -0.2) is 52.1 Å². The number of nitrogens with zero attached hydrogens (tertiary/aromatic N) is 2. The molecule has 1 aromatic carbocycles. The third-order valence-corrected chi connectivity index (χ3v) is 5.31. The van der Waals surface area contributed by atoms with Gasteiger partial charge in [-0.05, 0) is 18.2 Å². The van der Waals surface area contributed by atoms with Crippen molar-refractivity contribution in [1.29, 1.82) is 0 Å². The van der Waals surface area contributed by atoms with Crippen LogP contribution in [0, 0.1) is 5.41 Å². The average molecular weight is 513 g/mol. The quantitative estimate of drug-likeness (QED) is 0.527. The molecule has 0 aliphatic carbocycles. The van der Waals surface area contributed by atoms with Crippen LogP contribution in [0.15, 0.2) is 23.3 Å². The van der Waals surface area contributed by atoms with Crippen molar-refractivity contribution in [2.75, 3.05) is 6.61 Å². The third-order valence-electron chi connectivity index (χ3n) is 4.78. The number of amides is 1. The number of alkyl halides is 7. The molecule has 0 fully saturated rings. The van der Waals surface area contributed by atoms with Crippen molar-refractivity contribution in [3.8, 4) is 5.75 Å². The standard InChI is InChI=1S/C18H17Cl2F7N2O3/c1-14(2,3)15(31)7-12(16(21,22)17(23,24)18(25,26)27)28-29(15)13(30)8-32-11-5-4-9(19)6-10(11)20/h4-6,31H,7-8H2,1-3H3/t15-/m1/s1. The van der Waals surface area contributed by atoms with E-state index in [1.54, 1.807) is 0 Å². The molecule has 0 aromatic heterocycles. The Balaban J connectivity index is 2.40. The summed E-state index contributed by atoms with van der Waals surface area (Å²) >= 11 is 11.6. The second-order valence-corrected chi connectivity index (χ2v) is 8.85. The van der Waals surface area contributed by atoms with Crippen LogP contribution >= 0.6 is 23.2 Å². The van der Waals surface area contributed by atoms with Gasteiger partial charge in [-0.2, -0.15) is 40.8 Å². The zero-order valence-corrected chi connectivity index (χ0v) is 18.2. The van der Waals surface area contributed by atoms with Gasteiger partial charge in [0, 0.05) is 16.9 Å². The fourth-order valence-corrected chi connectivity index (χ4v) is 3.18. The third kappa shape index (κ3) is 4.49. The topological polar surface area (TPSA) is 62.1 Å². The molecule has 1 aliphatic rings. The molecule has 5 nitrogen and oxygen atoms in total. The normalized spacial score (nSPS) is 20.4. The molecule has 14 heteroatoms.